The largest absolute Gasteiger partial charge is 0.481 e. The molecule has 0 aliphatic rings. The SMILES string of the molecule is CCN(C(=O)NCC(N)=O)C(C)CC(=O)O. The minimum absolute atomic E-state index is 0.141. The highest BCUT2D eigenvalue weighted by Gasteiger charge is 2.20. The summed E-state index contributed by atoms with van der Waals surface area (Å²) in [6.45, 7) is 3.46. The smallest absolute Gasteiger partial charge is 0.318 e. The summed E-state index contributed by atoms with van der Waals surface area (Å²) in [4.78, 5) is 33.8. The third-order valence-electron chi connectivity index (χ3n) is 2.02. The van der Waals surface area contributed by atoms with Crippen LogP contribution in [0.1, 0.15) is 20.3 Å². The Morgan fingerprint density at radius 3 is 2.38 bits per heavy atom. The highest BCUT2D eigenvalue weighted by atomic mass is 16.4. The van der Waals surface area contributed by atoms with Crippen LogP contribution in [0, 0.1) is 0 Å². The molecule has 7 nitrogen and oxygen atoms in total. The van der Waals surface area contributed by atoms with Gasteiger partial charge in [-0.25, -0.2) is 4.79 Å². The van der Waals surface area contributed by atoms with Crippen molar-refractivity contribution >= 4 is 17.9 Å². The summed E-state index contributed by atoms with van der Waals surface area (Å²) in [5.74, 6) is -1.62. The molecule has 92 valence electrons. The minimum Gasteiger partial charge on any atom is -0.481 e. The number of carbonyl (C=O) groups excluding carboxylic acids is 2. The van der Waals surface area contributed by atoms with E-state index in [2.05, 4.69) is 5.32 Å². The Balaban J connectivity index is 4.30. The number of carboxylic acid groups (broad SMARTS) is 1. The molecule has 1 unspecified atom stereocenters. The molecule has 0 radical (unpaired) electrons. The molecule has 0 aromatic heterocycles. The Labute approximate surface area is 93.6 Å². The number of aliphatic carboxylic acids is 1. The van der Waals surface area contributed by atoms with E-state index >= 15 is 0 Å². The van der Waals surface area contributed by atoms with E-state index in [4.69, 9.17) is 10.8 Å². The van der Waals surface area contributed by atoms with Crippen LogP contribution < -0.4 is 11.1 Å². The van der Waals surface area contributed by atoms with E-state index in [0.717, 1.165) is 0 Å². The van der Waals surface area contributed by atoms with Gasteiger partial charge < -0.3 is 21.1 Å². The van der Waals surface area contributed by atoms with Gasteiger partial charge in [-0.15, -0.1) is 0 Å². The fraction of sp³-hybridized carbons (Fsp3) is 0.667. The van der Waals surface area contributed by atoms with E-state index < -0.39 is 23.9 Å². The van der Waals surface area contributed by atoms with Crippen LogP contribution in [0.15, 0.2) is 0 Å². The van der Waals surface area contributed by atoms with Crippen LogP contribution in [0.25, 0.3) is 0 Å². The molecule has 0 aromatic rings. The van der Waals surface area contributed by atoms with Gasteiger partial charge in [-0.2, -0.15) is 0 Å². The maximum atomic E-state index is 11.5. The van der Waals surface area contributed by atoms with Crippen LogP contribution in [-0.4, -0.2) is 47.0 Å². The molecule has 0 aliphatic heterocycles. The molecule has 0 aliphatic carbocycles. The van der Waals surface area contributed by atoms with E-state index in [0.29, 0.717) is 6.54 Å². The lowest BCUT2D eigenvalue weighted by Gasteiger charge is -2.26. The third-order valence-corrected chi connectivity index (χ3v) is 2.02. The molecule has 0 rings (SSSR count). The first-order valence-corrected chi connectivity index (χ1v) is 4.93. The number of nitrogens with one attached hydrogen (secondary N) is 1. The van der Waals surface area contributed by atoms with Crippen molar-refractivity contribution in [2.45, 2.75) is 26.3 Å². The molecule has 0 fully saturated rings. The summed E-state index contributed by atoms with van der Waals surface area (Å²) in [7, 11) is 0. The third kappa shape index (κ3) is 5.18. The minimum atomic E-state index is -0.978. The number of primary amides is 1. The number of carboxylic acids is 1. The lowest BCUT2D eigenvalue weighted by molar-refractivity contribution is -0.138. The maximum Gasteiger partial charge on any atom is 0.318 e. The van der Waals surface area contributed by atoms with Crippen LogP contribution in [0.5, 0.6) is 0 Å². The maximum absolute atomic E-state index is 11.5. The van der Waals surface area contributed by atoms with Crippen LogP contribution in [0.4, 0.5) is 4.79 Å². The summed E-state index contributed by atoms with van der Waals surface area (Å²) in [6, 6.07) is -0.926. The molecular weight excluding hydrogens is 214 g/mol. The summed E-state index contributed by atoms with van der Waals surface area (Å²) < 4.78 is 0. The van der Waals surface area contributed by atoms with Crippen molar-refractivity contribution in [2.75, 3.05) is 13.1 Å². The Kier molecular flexibility index (Phi) is 5.91. The number of nitrogens with zero attached hydrogens (tertiary/aromatic N) is 1. The number of carbonyl (C=O) groups is 3. The number of hydrogen-bond donors (Lipinski definition) is 3. The first-order valence-electron chi connectivity index (χ1n) is 4.93. The molecular formula is C9H17N3O4. The molecule has 16 heavy (non-hydrogen) atoms. The number of rotatable bonds is 6. The van der Waals surface area contributed by atoms with Crippen LogP contribution >= 0.6 is 0 Å². The van der Waals surface area contributed by atoms with Crippen molar-refractivity contribution in [3.63, 3.8) is 0 Å². The van der Waals surface area contributed by atoms with E-state index in [1.165, 1.54) is 4.90 Å². The van der Waals surface area contributed by atoms with Crippen molar-refractivity contribution in [1.82, 2.24) is 10.2 Å². The average Bonchev–Trinajstić information content (AvgIpc) is 2.14. The second kappa shape index (κ2) is 6.65. The Morgan fingerprint density at radius 1 is 1.44 bits per heavy atom. The molecule has 0 spiro atoms. The van der Waals surface area contributed by atoms with E-state index in [-0.39, 0.29) is 13.0 Å². The summed E-state index contributed by atoms with van der Waals surface area (Å²) in [5.41, 5.74) is 4.87. The van der Waals surface area contributed by atoms with Gasteiger partial charge in [0, 0.05) is 12.6 Å². The molecule has 0 saturated carbocycles. The standard InChI is InChI=1S/C9H17N3O4/c1-3-12(6(2)4-8(14)15)9(16)11-5-7(10)13/h6H,3-5H2,1-2H3,(H2,10,13)(H,11,16)(H,14,15). The van der Waals surface area contributed by atoms with E-state index in [1.54, 1.807) is 13.8 Å². The summed E-state index contributed by atoms with van der Waals surface area (Å²) in [5, 5.41) is 10.9. The molecule has 0 heterocycles. The topological polar surface area (TPSA) is 113 Å². The fourth-order valence-corrected chi connectivity index (χ4v) is 1.28. The van der Waals surface area contributed by atoms with Crippen LogP contribution in [-0.2, 0) is 9.59 Å². The van der Waals surface area contributed by atoms with Crippen molar-refractivity contribution < 1.29 is 19.5 Å². The van der Waals surface area contributed by atoms with Crippen molar-refractivity contribution in [3.8, 4) is 0 Å². The number of nitrogens with two attached hydrogens (primary N) is 1. The number of amides is 3. The Bertz CT molecular complexity index is 280. The number of urea groups is 1. The molecule has 0 aromatic carbocycles. The van der Waals surface area contributed by atoms with Gasteiger partial charge in [0.1, 0.15) is 0 Å². The average molecular weight is 231 g/mol. The van der Waals surface area contributed by atoms with Gasteiger partial charge in [0.2, 0.25) is 5.91 Å². The van der Waals surface area contributed by atoms with Crippen molar-refractivity contribution in [1.29, 1.82) is 0 Å². The van der Waals surface area contributed by atoms with Gasteiger partial charge in [0.05, 0.1) is 13.0 Å². The van der Waals surface area contributed by atoms with Gasteiger partial charge >= 0.3 is 12.0 Å². The van der Waals surface area contributed by atoms with Crippen molar-refractivity contribution in [2.24, 2.45) is 5.73 Å². The zero-order valence-corrected chi connectivity index (χ0v) is 9.40. The highest BCUT2D eigenvalue weighted by molar-refractivity contribution is 5.83. The quantitative estimate of drug-likeness (QED) is 0.564. The second-order valence-electron chi connectivity index (χ2n) is 3.36. The van der Waals surface area contributed by atoms with Gasteiger partial charge in [-0.3, -0.25) is 9.59 Å². The fourth-order valence-electron chi connectivity index (χ4n) is 1.28. The van der Waals surface area contributed by atoms with Crippen LogP contribution in [0.3, 0.4) is 0 Å². The zero-order chi connectivity index (χ0) is 12.7. The van der Waals surface area contributed by atoms with Crippen LogP contribution in [0.2, 0.25) is 0 Å². The second-order valence-corrected chi connectivity index (χ2v) is 3.36. The Hall–Kier alpha value is -1.79. The summed E-state index contributed by atoms with van der Waals surface area (Å²) >= 11 is 0. The van der Waals surface area contributed by atoms with E-state index in [1.807, 2.05) is 0 Å². The van der Waals surface area contributed by atoms with Gasteiger partial charge in [-0.05, 0) is 13.8 Å². The molecule has 3 amide bonds. The normalized spacial score (nSPS) is 11.6. The predicted molar refractivity (Wildman–Crippen MR) is 56.7 cm³/mol. The highest BCUT2D eigenvalue weighted by Crippen LogP contribution is 2.03. The molecule has 0 saturated heterocycles. The van der Waals surface area contributed by atoms with Crippen molar-refractivity contribution in [3.05, 3.63) is 0 Å². The lowest BCUT2D eigenvalue weighted by Crippen LogP contribution is -2.47. The summed E-state index contributed by atoms with van der Waals surface area (Å²) in [6.07, 6.45) is -0.141. The van der Waals surface area contributed by atoms with Gasteiger partial charge in [0.15, 0.2) is 0 Å². The van der Waals surface area contributed by atoms with Gasteiger partial charge in [-0.1, -0.05) is 0 Å². The Morgan fingerprint density at radius 2 is 2.00 bits per heavy atom. The van der Waals surface area contributed by atoms with Gasteiger partial charge in [0.25, 0.3) is 0 Å². The van der Waals surface area contributed by atoms with E-state index in [9.17, 15) is 14.4 Å². The monoisotopic (exact) mass is 231 g/mol. The zero-order valence-electron chi connectivity index (χ0n) is 9.40. The molecule has 7 heteroatoms. The first-order chi connectivity index (χ1) is 7.38. The molecule has 4 N–H and O–H groups in total. The lowest BCUT2D eigenvalue weighted by atomic mass is 10.2. The predicted octanol–water partition coefficient (Wildman–Crippen LogP) is -0.634. The first kappa shape index (κ1) is 14.2. The molecule has 0 bridgehead atoms. The number of hydrogen-bond acceptors (Lipinski definition) is 3. The molecule has 1 atom stereocenters.